The predicted octanol–water partition coefficient (Wildman–Crippen LogP) is 1.37. The molecule has 15 heavy (non-hydrogen) atoms. The van der Waals surface area contributed by atoms with Gasteiger partial charge in [-0.05, 0) is 31.9 Å². The van der Waals surface area contributed by atoms with E-state index in [2.05, 4.69) is 11.6 Å². The molecule has 1 rings (SSSR count). The summed E-state index contributed by atoms with van der Waals surface area (Å²) in [6, 6.07) is 0.384. The molecule has 0 aromatic rings. The number of carbonyl (C=O) groups is 1. The highest BCUT2D eigenvalue weighted by Gasteiger charge is 2.22. The topological polar surface area (TPSA) is 55.1 Å². The molecule has 0 radical (unpaired) electrons. The van der Waals surface area contributed by atoms with Crippen LogP contribution in [-0.2, 0) is 4.79 Å². The van der Waals surface area contributed by atoms with Crippen LogP contribution in [-0.4, -0.2) is 30.0 Å². The summed E-state index contributed by atoms with van der Waals surface area (Å²) in [6.45, 7) is 2.31. The molecular weight excluding hydrogens is 208 g/mol. The molecular formula is C11H22N2OS. The van der Waals surface area contributed by atoms with Crippen molar-refractivity contribution in [1.29, 1.82) is 0 Å². The van der Waals surface area contributed by atoms with Crippen LogP contribution in [0.2, 0.25) is 0 Å². The van der Waals surface area contributed by atoms with Crippen molar-refractivity contribution in [2.24, 2.45) is 11.7 Å². The monoisotopic (exact) mass is 230 g/mol. The molecule has 0 saturated heterocycles. The Morgan fingerprint density at radius 1 is 1.47 bits per heavy atom. The third kappa shape index (κ3) is 4.03. The maximum Gasteiger partial charge on any atom is 0.224 e. The molecule has 3 nitrogen and oxygen atoms in total. The summed E-state index contributed by atoms with van der Waals surface area (Å²) in [6.07, 6.45) is 6.86. The lowest BCUT2D eigenvalue weighted by Crippen LogP contribution is -2.42. The molecule has 0 heterocycles. The Bertz CT molecular complexity index is 203. The zero-order chi connectivity index (χ0) is 11.3. The smallest absolute Gasteiger partial charge is 0.224 e. The number of hydrogen-bond acceptors (Lipinski definition) is 3. The van der Waals surface area contributed by atoms with Gasteiger partial charge in [-0.15, -0.1) is 0 Å². The summed E-state index contributed by atoms with van der Waals surface area (Å²) >= 11 is 1.94. The quantitative estimate of drug-likeness (QED) is 0.767. The van der Waals surface area contributed by atoms with Crippen molar-refractivity contribution in [3.63, 3.8) is 0 Å². The van der Waals surface area contributed by atoms with Crippen LogP contribution in [0.25, 0.3) is 0 Å². The first kappa shape index (κ1) is 12.8. The highest BCUT2D eigenvalue weighted by Crippen LogP contribution is 2.26. The maximum absolute atomic E-state index is 11.6. The van der Waals surface area contributed by atoms with Crippen LogP contribution in [0, 0.1) is 5.92 Å². The number of carbonyl (C=O) groups excluding carboxylic acids is 1. The molecule has 88 valence electrons. The molecule has 1 atom stereocenters. The number of nitrogens with two attached hydrogens (primary N) is 1. The van der Waals surface area contributed by atoms with Crippen molar-refractivity contribution in [2.75, 3.05) is 12.8 Å². The molecule has 0 bridgehead atoms. The SMILES string of the molecule is CSC1CCC(NC(=O)C(C)CN)CC1. The molecule has 1 unspecified atom stereocenters. The minimum absolute atomic E-state index is 0.0525. The molecule has 1 amide bonds. The zero-order valence-electron chi connectivity index (χ0n) is 9.66. The van der Waals surface area contributed by atoms with Gasteiger partial charge in [0.2, 0.25) is 5.91 Å². The maximum atomic E-state index is 11.6. The summed E-state index contributed by atoms with van der Waals surface area (Å²) in [5.74, 6) is 0.0633. The van der Waals surface area contributed by atoms with Gasteiger partial charge < -0.3 is 11.1 Å². The van der Waals surface area contributed by atoms with Gasteiger partial charge in [-0.25, -0.2) is 0 Å². The van der Waals surface area contributed by atoms with E-state index in [1.807, 2.05) is 18.7 Å². The van der Waals surface area contributed by atoms with Crippen molar-refractivity contribution in [1.82, 2.24) is 5.32 Å². The largest absolute Gasteiger partial charge is 0.353 e. The van der Waals surface area contributed by atoms with Gasteiger partial charge in [-0.2, -0.15) is 11.8 Å². The summed E-state index contributed by atoms with van der Waals surface area (Å²) in [5, 5.41) is 3.88. The Morgan fingerprint density at radius 2 is 2.07 bits per heavy atom. The van der Waals surface area contributed by atoms with E-state index >= 15 is 0 Å². The Morgan fingerprint density at radius 3 is 2.53 bits per heavy atom. The summed E-state index contributed by atoms with van der Waals surface area (Å²) in [5.41, 5.74) is 5.46. The number of thioether (sulfide) groups is 1. The molecule has 0 aromatic carbocycles. The van der Waals surface area contributed by atoms with E-state index in [0.717, 1.165) is 18.1 Å². The third-order valence-electron chi connectivity index (χ3n) is 3.16. The van der Waals surface area contributed by atoms with E-state index < -0.39 is 0 Å². The van der Waals surface area contributed by atoms with Crippen LogP contribution in [0.4, 0.5) is 0 Å². The second-order valence-electron chi connectivity index (χ2n) is 4.35. The lowest BCUT2D eigenvalue weighted by Gasteiger charge is -2.28. The van der Waals surface area contributed by atoms with Gasteiger partial charge in [0.15, 0.2) is 0 Å². The molecule has 1 saturated carbocycles. The van der Waals surface area contributed by atoms with E-state index in [-0.39, 0.29) is 11.8 Å². The number of hydrogen-bond donors (Lipinski definition) is 2. The molecule has 0 aliphatic heterocycles. The van der Waals surface area contributed by atoms with Crippen LogP contribution in [0.1, 0.15) is 32.6 Å². The van der Waals surface area contributed by atoms with Gasteiger partial charge in [0.1, 0.15) is 0 Å². The summed E-state index contributed by atoms with van der Waals surface area (Å²) < 4.78 is 0. The molecule has 1 aliphatic carbocycles. The van der Waals surface area contributed by atoms with Crippen LogP contribution in [0.3, 0.4) is 0 Å². The number of rotatable bonds is 4. The highest BCUT2D eigenvalue weighted by molar-refractivity contribution is 7.99. The third-order valence-corrected chi connectivity index (χ3v) is 4.29. The standard InChI is InChI=1S/C11H22N2OS/c1-8(7-12)11(14)13-9-3-5-10(15-2)6-4-9/h8-10H,3-7,12H2,1-2H3,(H,13,14). The number of nitrogens with one attached hydrogen (secondary N) is 1. The van der Waals surface area contributed by atoms with E-state index in [4.69, 9.17) is 5.73 Å². The van der Waals surface area contributed by atoms with Gasteiger partial charge in [0, 0.05) is 23.8 Å². The first-order chi connectivity index (χ1) is 7.17. The van der Waals surface area contributed by atoms with E-state index in [1.54, 1.807) is 0 Å². The zero-order valence-corrected chi connectivity index (χ0v) is 10.5. The number of amides is 1. The van der Waals surface area contributed by atoms with Gasteiger partial charge >= 0.3 is 0 Å². The minimum Gasteiger partial charge on any atom is -0.353 e. The Hall–Kier alpha value is -0.220. The van der Waals surface area contributed by atoms with Crippen molar-refractivity contribution < 1.29 is 4.79 Å². The van der Waals surface area contributed by atoms with Crippen LogP contribution in [0.5, 0.6) is 0 Å². The average Bonchev–Trinajstić information content (AvgIpc) is 2.29. The molecule has 0 aromatic heterocycles. The highest BCUT2D eigenvalue weighted by atomic mass is 32.2. The van der Waals surface area contributed by atoms with Crippen LogP contribution in [0.15, 0.2) is 0 Å². The van der Waals surface area contributed by atoms with Crippen LogP contribution < -0.4 is 11.1 Å². The molecule has 0 spiro atoms. The van der Waals surface area contributed by atoms with Crippen molar-refractivity contribution in [3.05, 3.63) is 0 Å². The van der Waals surface area contributed by atoms with Crippen LogP contribution >= 0.6 is 11.8 Å². The van der Waals surface area contributed by atoms with E-state index in [9.17, 15) is 4.79 Å². The van der Waals surface area contributed by atoms with Gasteiger partial charge in [0.25, 0.3) is 0 Å². The predicted molar refractivity (Wildman–Crippen MR) is 65.9 cm³/mol. The summed E-state index contributed by atoms with van der Waals surface area (Å²) in [4.78, 5) is 11.6. The summed E-state index contributed by atoms with van der Waals surface area (Å²) in [7, 11) is 0. The fourth-order valence-corrected chi connectivity index (χ4v) is 2.64. The van der Waals surface area contributed by atoms with Crippen molar-refractivity contribution in [3.8, 4) is 0 Å². The minimum atomic E-state index is -0.0525. The molecule has 3 N–H and O–H groups in total. The second kappa shape index (κ2) is 6.38. The van der Waals surface area contributed by atoms with E-state index in [1.165, 1.54) is 12.8 Å². The first-order valence-corrected chi connectivity index (χ1v) is 6.99. The fraction of sp³-hybridized carbons (Fsp3) is 0.909. The van der Waals surface area contributed by atoms with Crippen molar-refractivity contribution in [2.45, 2.75) is 43.9 Å². The van der Waals surface area contributed by atoms with Gasteiger partial charge in [0.05, 0.1) is 0 Å². The normalized spacial score (nSPS) is 28.5. The van der Waals surface area contributed by atoms with E-state index in [0.29, 0.717) is 12.6 Å². The Kier molecular flexibility index (Phi) is 5.47. The molecule has 4 heteroatoms. The average molecular weight is 230 g/mol. The Labute approximate surface area is 96.6 Å². The fourth-order valence-electron chi connectivity index (χ4n) is 1.89. The van der Waals surface area contributed by atoms with Gasteiger partial charge in [-0.1, -0.05) is 6.92 Å². The molecule has 1 aliphatic rings. The lowest BCUT2D eigenvalue weighted by molar-refractivity contribution is -0.125. The lowest BCUT2D eigenvalue weighted by atomic mass is 9.94. The molecule has 1 fully saturated rings. The second-order valence-corrected chi connectivity index (χ2v) is 5.49. The Balaban J connectivity index is 2.26. The van der Waals surface area contributed by atoms with Crippen molar-refractivity contribution >= 4 is 17.7 Å². The first-order valence-electron chi connectivity index (χ1n) is 5.70. The van der Waals surface area contributed by atoms with Gasteiger partial charge in [-0.3, -0.25) is 4.79 Å².